The van der Waals surface area contributed by atoms with Gasteiger partial charge in [-0.2, -0.15) is 10.1 Å². The fraction of sp³-hybridized carbons (Fsp3) is 0.423. The van der Waals surface area contributed by atoms with Gasteiger partial charge in [0.15, 0.2) is 5.82 Å². The summed E-state index contributed by atoms with van der Waals surface area (Å²) in [6.07, 6.45) is 6.12. The maximum atomic E-state index is 12.4. The van der Waals surface area contributed by atoms with Crippen LogP contribution in [-0.4, -0.2) is 62.2 Å². The molecule has 0 radical (unpaired) electrons. The average molecular weight is 471 g/mol. The number of aromatic nitrogens is 5. The second kappa shape index (κ2) is 8.48. The fourth-order valence-corrected chi connectivity index (χ4v) is 4.82. The predicted molar refractivity (Wildman–Crippen MR) is 136 cm³/mol. The zero-order valence-corrected chi connectivity index (χ0v) is 20.3. The van der Waals surface area contributed by atoms with Gasteiger partial charge < -0.3 is 15.1 Å². The van der Waals surface area contributed by atoms with Crippen LogP contribution in [0.3, 0.4) is 0 Å². The minimum absolute atomic E-state index is 0.0745. The highest BCUT2D eigenvalue weighted by Gasteiger charge is 2.34. The van der Waals surface area contributed by atoms with E-state index >= 15 is 0 Å². The summed E-state index contributed by atoms with van der Waals surface area (Å²) in [6.45, 7) is 5.85. The summed E-state index contributed by atoms with van der Waals surface area (Å²) >= 11 is 0. The number of hydrogen-bond acceptors (Lipinski definition) is 7. The number of piperazine rings is 1. The van der Waals surface area contributed by atoms with Gasteiger partial charge in [-0.3, -0.25) is 14.5 Å². The van der Waals surface area contributed by atoms with Crippen molar-refractivity contribution in [3.63, 3.8) is 0 Å². The Labute approximate surface area is 204 Å². The van der Waals surface area contributed by atoms with Gasteiger partial charge in [0.05, 0.1) is 24.3 Å². The first-order chi connectivity index (χ1) is 17.0. The second-order valence-corrected chi connectivity index (χ2v) is 9.95. The molecular formula is C26H30N8O. The molecule has 2 fully saturated rings. The van der Waals surface area contributed by atoms with Gasteiger partial charge in [0, 0.05) is 37.8 Å². The van der Waals surface area contributed by atoms with Gasteiger partial charge in [-0.05, 0) is 50.3 Å². The second-order valence-electron chi connectivity index (χ2n) is 9.95. The molecule has 4 heterocycles. The van der Waals surface area contributed by atoms with Crippen LogP contribution in [-0.2, 0) is 4.79 Å². The Morgan fingerprint density at radius 3 is 2.66 bits per heavy atom. The number of fused-ring (bicyclic) bond motifs is 2. The molecule has 0 spiro atoms. The number of benzene rings is 1. The lowest BCUT2D eigenvalue weighted by Crippen LogP contribution is -2.49. The molecule has 180 valence electrons. The van der Waals surface area contributed by atoms with E-state index in [-0.39, 0.29) is 24.5 Å². The van der Waals surface area contributed by atoms with E-state index in [1.807, 2.05) is 41.0 Å². The van der Waals surface area contributed by atoms with Crippen molar-refractivity contribution in [1.29, 1.82) is 0 Å². The lowest BCUT2D eigenvalue weighted by molar-refractivity contribution is -0.129. The van der Waals surface area contributed by atoms with Gasteiger partial charge in [0.2, 0.25) is 11.9 Å². The molecule has 0 unspecified atom stereocenters. The van der Waals surface area contributed by atoms with Crippen molar-refractivity contribution in [2.75, 3.05) is 36.9 Å². The molecule has 1 atom stereocenters. The summed E-state index contributed by atoms with van der Waals surface area (Å²) in [5, 5.41) is 9.52. The minimum atomic E-state index is 0.0745. The van der Waals surface area contributed by atoms with Crippen molar-refractivity contribution in [3.05, 3.63) is 48.3 Å². The number of pyridine rings is 1. The Kier molecular flexibility index (Phi) is 5.27. The van der Waals surface area contributed by atoms with E-state index in [1.54, 1.807) is 11.1 Å². The molecule has 1 saturated heterocycles. The molecule has 0 bridgehead atoms. The number of amides is 1. The Hall–Kier alpha value is -3.75. The monoisotopic (exact) mass is 470 g/mol. The van der Waals surface area contributed by atoms with Crippen LogP contribution in [0.1, 0.15) is 44.3 Å². The van der Waals surface area contributed by atoms with Gasteiger partial charge in [0.1, 0.15) is 11.0 Å². The molecule has 6 rings (SSSR count). The van der Waals surface area contributed by atoms with E-state index in [2.05, 4.69) is 36.4 Å². The third kappa shape index (κ3) is 4.05. The molecule has 9 nitrogen and oxygen atoms in total. The van der Waals surface area contributed by atoms with E-state index in [0.717, 1.165) is 33.3 Å². The highest BCUT2D eigenvalue weighted by atomic mass is 16.2. The molecule has 3 aromatic heterocycles. The van der Waals surface area contributed by atoms with Gasteiger partial charge in [-0.1, -0.05) is 18.2 Å². The SMILES string of the molecule is CC(C)n1ncc2nc(N3CCN(C)C(=O)C3)nc(N[C@@H](c3cnc4ccccc4c3)C3CC3)c21. The van der Waals surface area contributed by atoms with E-state index in [1.165, 1.54) is 12.8 Å². The van der Waals surface area contributed by atoms with Gasteiger partial charge >= 0.3 is 0 Å². The highest BCUT2D eigenvalue weighted by molar-refractivity contribution is 5.88. The van der Waals surface area contributed by atoms with Crippen LogP contribution >= 0.6 is 0 Å². The first-order valence-electron chi connectivity index (χ1n) is 12.3. The lowest BCUT2D eigenvalue weighted by Gasteiger charge is -2.32. The standard InChI is InChI=1S/C26H30N8O/c1-16(2)34-24-21(14-28-34)29-26(33-11-10-32(3)22(35)15-33)31-25(24)30-23(17-8-9-17)19-12-18-6-4-5-7-20(18)27-13-19/h4-7,12-14,16-17,23H,8-11,15H2,1-3H3,(H,29,30,31)/t23-/m1/s1. The van der Waals surface area contributed by atoms with Crippen molar-refractivity contribution < 1.29 is 4.79 Å². The summed E-state index contributed by atoms with van der Waals surface area (Å²) in [6, 6.07) is 10.7. The molecular weight excluding hydrogens is 440 g/mol. The molecule has 4 aromatic rings. The smallest absolute Gasteiger partial charge is 0.242 e. The number of nitrogens with zero attached hydrogens (tertiary/aromatic N) is 7. The van der Waals surface area contributed by atoms with Crippen molar-refractivity contribution in [2.24, 2.45) is 5.92 Å². The number of nitrogens with one attached hydrogen (secondary N) is 1. The molecule has 1 aliphatic heterocycles. The van der Waals surface area contributed by atoms with Crippen molar-refractivity contribution in [1.82, 2.24) is 29.6 Å². The zero-order chi connectivity index (χ0) is 24.1. The van der Waals surface area contributed by atoms with E-state index in [4.69, 9.17) is 15.0 Å². The molecule has 1 saturated carbocycles. The summed E-state index contributed by atoms with van der Waals surface area (Å²) in [5.74, 6) is 1.92. The highest BCUT2D eigenvalue weighted by Crippen LogP contribution is 2.44. The molecule has 1 N–H and O–H groups in total. The Bertz CT molecular complexity index is 1410. The molecule has 1 aromatic carbocycles. The molecule has 1 amide bonds. The van der Waals surface area contributed by atoms with Crippen molar-refractivity contribution >= 4 is 39.6 Å². The summed E-state index contributed by atoms with van der Waals surface area (Å²) in [7, 11) is 1.83. The number of carbonyl (C=O) groups excluding carboxylic acids is 1. The summed E-state index contributed by atoms with van der Waals surface area (Å²) in [4.78, 5) is 30.6. The largest absolute Gasteiger partial charge is 0.361 e. The Morgan fingerprint density at radius 2 is 1.89 bits per heavy atom. The maximum absolute atomic E-state index is 12.4. The Morgan fingerprint density at radius 1 is 1.06 bits per heavy atom. The van der Waals surface area contributed by atoms with Crippen LogP contribution in [0.15, 0.2) is 42.7 Å². The van der Waals surface area contributed by atoms with Crippen molar-refractivity contribution in [3.8, 4) is 0 Å². The topological polar surface area (TPSA) is 92.1 Å². The van der Waals surface area contributed by atoms with Crippen LogP contribution in [0.5, 0.6) is 0 Å². The lowest BCUT2D eigenvalue weighted by atomic mass is 10.0. The number of carbonyl (C=O) groups is 1. The summed E-state index contributed by atoms with van der Waals surface area (Å²) in [5.41, 5.74) is 3.83. The number of para-hydroxylation sites is 1. The first kappa shape index (κ1) is 21.8. The van der Waals surface area contributed by atoms with E-state index in [0.29, 0.717) is 25.0 Å². The number of rotatable bonds is 6. The third-order valence-corrected chi connectivity index (χ3v) is 7.02. The number of hydrogen-bond donors (Lipinski definition) is 1. The van der Waals surface area contributed by atoms with Gasteiger partial charge in [-0.25, -0.2) is 4.98 Å². The molecule has 1 aliphatic carbocycles. The normalized spacial score (nSPS) is 17.5. The third-order valence-electron chi connectivity index (χ3n) is 7.02. The summed E-state index contributed by atoms with van der Waals surface area (Å²) < 4.78 is 1.97. The van der Waals surface area contributed by atoms with Crippen molar-refractivity contribution in [2.45, 2.75) is 38.8 Å². The average Bonchev–Trinajstić information content (AvgIpc) is 3.61. The zero-order valence-electron chi connectivity index (χ0n) is 20.3. The Balaban J connectivity index is 1.43. The molecule has 35 heavy (non-hydrogen) atoms. The van der Waals surface area contributed by atoms with Crippen LogP contribution in [0.4, 0.5) is 11.8 Å². The predicted octanol–water partition coefficient (Wildman–Crippen LogP) is 3.80. The van der Waals surface area contributed by atoms with Crippen LogP contribution in [0.2, 0.25) is 0 Å². The molecule has 9 heteroatoms. The van der Waals surface area contributed by atoms with Crippen LogP contribution in [0, 0.1) is 5.92 Å². The van der Waals surface area contributed by atoms with Crippen LogP contribution < -0.4 is 10.2 Å². The van der Waals surface area contributed by atoms with Gasteiger partial charge in [0.25, 0.3) is 0 Å². The van der Waals surface area contributed by atoms with Crippen LogP contribution in [0.25, 0.3) is 21.9 Å². The quantitative estimate of drug-likeness (QED) is 0.458. The number of anilines is 2. The fourth-order valence-electron chi connectivity index (χ4n) is 4.82. The molecule has 2 aliphatic rings. The van der Waals surface area contributed by atoms with E-state index in [9.17, 15) is 4.79 Å². The van der Waals surface area contributed by atoms with Gasteiger partial charge in [-0.15, -0.1) is 0 Å². The number of likely N-dealkylation sites (N-methyl/N-ethyl adjacent to an activating group) is 1. The minimum Gasteiger partial charge on any atom is -0.361 e. The maximum Gasteiger partial charge on any atom is 0.242 e. The first-order valence-corrected chi connectivity index (χ1v) is 12.3. The van der Waals surface area contributed by atoms with E-state index < -0.39 is 0 Å².